The van der Waals surface area contributed by atoms with Gasteiger partial charge in [0.05, 0.1) is 0 Å². The third-order valence-electron chi connectivity index (χ3n) is 1.09. The van der Waals surface area contributed by atoms with Gasteiger partial charge in [0.15, 0.2) is 5.82 Å². The van der Waals surface area contributed by atoms with Gasteiger partial charge in [-0.05, 0) is 0 Å². The number of hydrogen-bond donors (Lipinski definition) is 2. The van der Waals surface area contributed by atoms with Gasteiger partial charge in [-0.2, -0.15) is 5.10 Å². The number of aromatic carboxylic acids is 1. The van der Waals surface area contributed by atoms with Crippen LogP contribution in [0.5, 0.6) is 0 Å². The van der Waals surface area contributed by atoms with E-state index in [2.05, 4.69) is 5.10 Å². The molecular formula is C5H7N3O2. The Morgan fingerprint density at radius 1 is 1.90 bits per heavy atom. The van der Waals surface area contributed by atoms with Gasteiger partial charge in [0.1, 0.15) is 5.56 Å². The van der Waals surface area contributed by atoms with Gasteiger partial charge in [0.2, 0.25) is 0 Å². The first-order chi connectivity index (χ1) is 4.61. The van der Waals surface area contributed by atoms with E-state index in [-0.39, 0.29) is 11.4 Å². The third-order valence-corrected chi connectivity index (χ3v) is 1.09. The first-order valence-electron chi connectivity index (χ1n) is 2.63. The summed E-state index contributed by atoms with van der Waals surface area (Å²) in [5.41, 5.74) is 5.27. The maximum Gasteiger partial charge on any atom is 0.341 e. The number of nitrogens with two attached hydrogens (primary N) is 1. The molecule has 0 bridgehead atoms. The van der Waals surface area contributed by atoms with Crippen molar-refractivity contribution in [3.63, 3.8) is 0 Å². The molecule has 0 fully saturated rings. The van der Waals surface area contributed by atoms with Crippen molar-refractivity contribution in [2.24, 2.45) is 7.05 Å². The van der Waals surface area contributed by atoms with Gasteiger partial charge in [-0.15, -0.1) is 0 Å². The summed E-state index contributed by atoms with van der Waals surface area (Å²) < 4.78 is 1.36. The van der Waals surface area contributed by atoms with Gasteiger partial charge in [0, 0.05) is 13.2 Å². The van der Waals surface area contributed by atoms with E-state index in [0.717, 1.165) is 0 Å². The molecule has 3 N–H and O–H groups in total. The zero-order valence-electron chi connectivity index (χ0n) is 5.40. The summed E-state index contributed by atoms with van der Waals surface area (Å²) in [6.45, 7) is 0. The van der Waals surface area contributed by atoms with E-state index in [1.807, 2.05) is 0 Å². The number of anilines is 1. The minimum absolute atomic E-state index is 0.0440. The number of carboxylic acid groups (broad SMARTS) is 1. The van der Waals surface area contributed by atoms with Crippen LogP contribution in [0.25, 0.3) is 0 Å². The number of aromatic nitrogens is 2. The number of aryl methyl sites for hydroxylation is 1. The van der Waals surface area contributed by atoms with Crippen LogP contribution in [0, 0.1) is 0 Å². The average Bonchev–Trinajstić information content (AvgIpc) is 2.10. The largest absolute Gasteiger partial charge is 0.477 e. The summed E-state index contributed by atoms with van der Waals surface area (Å²) in [4.78, 5) is 10.3. The number of nitrogen functional groups attached to an aromatic ring is 1. The summed E-state index contributed by atoms with van der Waals surface area (Å²) in [6, 6.07) is 0. The summed E-state index contributed by atoms with van der Waals surface area (Å²) >= 11 is 0. The maximum absolute atomic E-state index is 10.3. The molecule has 1 aromatic rings. The summed E-state index contributed by atoms with van der Waals surface area (Å²) in [5, 5.41) is 12.1. The molecule has 1 heterocycles. The molecule has 0 unspecified atom stereocenters. The smallest absolute Gasteiger partial charge is 0.341 e. The molecule has 54 valence electrons. The Bertz CT molecular complexity index is 266. The Labute approximate surface area is 57.1 Å². The fourth-order valence-corrected chi connectivity index (χ4v) is 0.670. The van der Waals surface area contributed by atoms with Crippen molar-refractivity contribution in [1.82, 2.24) is 9.78 Å². The first-order valence-corrected chi connectivity index (χ1v) is 2.63. The molecule has 0 saturated heterocycles. The van der Waals surface area contributed by atoms with Crippen LogP contribution in [0.1, 0.15) is 10.4 Å². The Kier molecular flexibility index (Phi) is 1.33. The number of hydrogen-bond acceptors (Lipinski definition) is 3. The highest BCUT2D eigenvalue weighted by Crippen LogP contribution is 2.06. The van der Waals surface area contributed by atoms with Gasteiger partial charge in [-0.3, -0.25) is 4.68 Å². The minimum Gasteiger partial charge on any atom is -0.477 e. The van der Waals surface area contributed by atoms with Crippen molar-refractivity contribution in [3.05, 3.63) is 11.8 Å². The van der Waals surface area contributed by atoms with Gasteiger partial charge >= 0.3 is 5.97 Å². The molecule has 0 aliphatic rings. The lowest BCUT2D eigenvalue weighted by Crippen LogP contribution is -1.98. The molecule has 0 aliphatic carbocycles. The molecule has 5 heteroatoms. The van der Waals surface area contributed by atoms with Gasteiger partial charge in [0.25, 0.3) is 0 Å². The Balaban J connectivity index is 3.15. The monoisotopic (exact) mass is 141 g/mol. The van der Waals surface area contributed by atoms with Crippen molar-refractivity contribution < 1.29 is 9.90 Å². The second-order valence-corrected chi connectivity index (χ2v) is 1.91. The van der Waals surface area contributed by atoms with E-state index >= 15 is 0 Å². The van der Waals surface area contributed by atoms with Gasteiger partial charge < -0.3 is 10.8 Å². The molecule has 0 radical (unpaired) electrons. The quantitative estimate of drug-likeness (QED) is 0.562. The molecule has 0 amide bonds. The number of carboxylic acids is 1. The number of nitrogens with zero attached hydrogens (tertiary/aromatic N) is 2. The maximum atomic E-state index is 10.3. The second kappa shape index (κ2) is 2.02. The normalized spacial score (nSPS) is 9.70. The topological polar surface area (TPSA) is 81.1 Å². The van der Waals surface area contributed by atoms with Crippen LogP contribution >= 0.6 is 0 Å². The fraction of sp³-hybridized carbons (Fsp3) is 0.200. The molecule has 10 heavy (non-hydrogen) atoms. The Hall–Kier alpha value is -1.52. The zero-order chi connectivity index (χ0) is 7.72. The minimum atomic E-state index is -1.05. The van der Waals surface area contributed by atoms with Gasteiger partial charge in [-0.1, -0.05) is 0 Å². The van der Waals surface area contributed by atoms with Crippen LogP contribution in [0.2, 0.25) is 0 Å². The highest BCUT2D eigenvalue weighted by atomic mass is 16.4. The number of rotatable bonds is 1. The molecule has 5 nitrogen and oxygen atoms in total. The average molecular weight is 141 g/mol. The molecule has 1 aromatic heterocycles. The van der Waals surface area contributed by atoms with Crippen LogP contribution in [-0.2, 0) is 7.05 Å². The Morgan fingerprint density at radius 2 is 2.50 bits per heavy atom. The van der Waals surface area contributed by atoms with Crippen molar-refractivity contribution in [2.75, 3.05) is 5.73 Å². The van der Waals surface area contributed by atoms with E-state index in [0.29, 0.717) is 0 Å². The predicted molar refractivity (Wildman–Crippen MR) is 34.6 cm³/mol. The fourth-order valence-electron chi connectivity index (χ4n) is 0.670. The lowest BCUT2D eigenvalue weighted by atomic mass is 10.3. The second-order valence-electron chi connectivity index (χ2n) is 1.91. The number of carbonyl (C=O) groups is 1. The lowest BCUT2D eigenvalue weighted by molar-refractivity contribution is 0.0698. The SMILES string of the molecule is Cn1cc(C(=O)O)c(N)n1. The molecule has 0 aromatic carbocycles. The standard InChI is InChI=1S/C5H7N3O2/c1-8-2-3(5(9)10)4(6)7-8/h2H,1H3,(H2,6,7)(H,9,10). The van der Waals surface area contributed by atoms with E-state index < -0.39 is 5.97 Å². The summed E-state index contributed by atoms with van der Waals surface area (Å²) in [6.07, 6.45) is 1.36. The van der Waals surface area contributed by atoms with E-state index in [1.54, 1.807) is 7.05 Å². The van der Waals surface area contributed by atoms with Crippen LogP contribution < -0.4 is 5.73 Å². The molecule has 0 atom stereocenters. The van der Waals surface area contributed by atoms with Crippen LogP contribution in [0.3, 0.4) is 0 Å². The molecule has 0 saturated carbocycles. The Morgan fingerprint density at radius 3 is 2.70 bits per heavy atom. The van der Waals surface area contributed by atoms with Crippen molar-refractivity contribution in [3.8, 4) is 0 Å². The third kappa shape index (κ3) is 0.928. The van der Waals surface area contributed by atoms with Crippen LogP contribution in [0.4, 0.5) is 5.82 Å². The van der Waals surface area contributed by atoms with Crippen molar-refractivity contribution in [1.29, 1.82) is 0 Å². The summed E-state index contributed by atoms with van der Waals surface area (Å²) in [7, 11) is 1.61. The highest BCUT2D eigenvalue weighted by Gasteiger charge is 2.10. The van der Waals surface area contributed by atoms with Gasteiger partial charge in [-0.25, -0.2) is 4.79 Å². The van der Waals surface area contributed by atoms with E-state index in [9.17, 15) is 4.79 Å². The van der Waals surface area contributed by atoms with E-state index in [4.69, 9.17) is 10.8 Å². The molecule has 0 aliphatic heterocycles. The predicted octanol–water partition coefficient (Wildman–Crippen LogP) is -0.300. The summed E-state index contributed by atoms with van der Waals surface area (Å²) in [5.74, 6) is -0.999. The van der Waals surface area contributed by atoms with Crippen molar-refractivity contribution >= 4 is 11.8 Å². The van der Waals surface area contributed by atoms with Crippen LogP contribution in [0.15, 0.2) is 6.20 Å². The molecule has 0 spiro atoms. The lowest BCUT2D eigenvalue weighted by Gasteiger charge is -1.84. The first kappa shape index (κ1) is 6.60. The van der Waals surface area contributed by atoms with E-state index in [1.165, 1.54) is 10.9 Å². The van der Waals surface area contributed by atoms with Crippen LogP contribution in [-0.4, -0.2) is 20.9 Å². The molecule has 1 rings (SSSR count). The van der Waals surface area contributed by atoms with Crippen molar-refractivity contribution in [2.45, 2.75) is 0 Å². The molecular weight excluding hydrogens is 134 g/mol. The highest BCUT2D eigenvalue weighted by molar-refractivity contribution is 5.92. The zero-order valence-corrected chi connectivity index (χ0v) is 5.40.